The predicted molar refractivity (Wildman–Crippen MR) is 100 cm³/mol. The van der Waals surface area contributed by atoms with E-state index in [-0.39, 0.29) is 23.3 Å². The largest absolute Gasteiger partial charge is 0.497 e. The Hall–Kier alpha value is -3.92. The van der Waals surface area contributed by atoms with Crippen LogP contribution < -0.4 is 15.8 Å². The van der Waals surface area contributed by atoms with Crippen molar-refractivity contribution in [3.05, 3.63) is 66.0 Å². The number of benzene rings is 2. The van der Waals surface area contributed by atoms with Crippen molar-refractivity contribution in [2.45, 2.75) is 0 Å². The lowest BCUT2D eigenvalue weighted by Crippen LogP contribution is -2.06. The molecule has 3 aromatic rings. The molecule has 0 spiro atoms. The molecule has 26 heavy (non-hydrogen) atoms. The minimum absolute atomic E-state index is 0.0280. The van der Waals surface area contributed by atoms with Gasteiger partial charge >= 0.3 is 0 Å². The lowest BCUT2D eigenvalue weighted by Gasteiger charge is -2.07. The van der Waals surface area contributed by atoms with Crippen molar-refractivity contribution < 1.29 is 4.74 Å². The highest BCUT2D eigenvalue weighted by Crippen LogP contribution is 2.20. The Balaban J connectivity index is 1.95. The van der Waals surface area contributed by atoms with E-state index in [0.717, 1.165) is 11.3 Å². The van der Waals surface area contributed by atoms with Crippen LogP contribution in [0.25, 0.3) is 11.6 Å². The summed E-state index contributed by atoms with van der Waals surface area (Å²) in [5, 5.41) is 12.6. The van der Waals surface area contributed by atoms with E-state index in [2.05, 4.69) is 26.3 Å². The molecule has 0 aliphatic heterocycles. The molecular weight excluding hydrogens is 328 g/mol. The number of nitrogens with zero attached hydrogens (tertiary/aromatic N) is 4. The first kappa shape index (κ1) is 16.9. The maximum absolute atomic E-state index is 9.53. The second kappa shape index (κ2) is 7.77. The summed E-state index contributed by atoms with van der Waals surface area (Å²) in [4.78, 5) is 12.5. The minimum atomic E-state index is 0.0280. The van der Waals surface area contributed by atoms with Crippen LogP contribution in [0, 0.1) is 11.3 Å². The van der Waals surface area contributed by atoms with Gasteiger partial charge in [-0.3, -0.25) is 0 Å². The van der Waals surface area contributed by atoms with E-state index in [9.17, 15) is 5.26 Å². The minimum Gasteiger partial charge on any atom is -0.497 e. The lowest BCUT2D eigenvalue weighted by molar-refractivity contribution is 0.414. The molecule has 3 rings (SSSR count). The molecule has 0 unspecified atom stereocenters. The molecule has 1 aromatic heterocycles. The molecule has 0 fully saturated rings. The number of nitrogen functional groups attached to an aromatic ring is 1. The van der Waals surface area contributed by atoms with Crippen molar-refractivity contribution in [1.29, 1.82) is 5.26 Å². The third-order valence-electron chi connectivity index (χ3n) is 3.45. The van der Waals surface area contributed by atoms with Gasteiger partial charge in [0, 0.05) is 5.69 Å². The van der Waals surface area contributed by atoms with E-state index in [1.807, 2.05) is 54.6 Å². The van der Waals surface area contributed by atoms with Gasteiger partial charge in [-0.1, -0.05) is 30.3 Å². The molecule has 0 amide bonds. The standard InChI is InChI=1S/C19H16N6O/c1-26-16-9-5-6-13(11-16)10-14(12-20)17-23-18(21)25-19(24-17)22-15-7-3-2-4-8-15/h2-11H,1H3,(H3,21,22,23,24,25)/b14-10+. The van der Waals surface area contributed by atoms with Gasteiger partial charge in [-0.25, -0.2) is 0 Å². The van der Waals surface area contributed by atoms with Crippen LogP contribution in [0.1, 0.15) is 11.4 Å². The fourth-order valence-corrected chi connectivity index (χ4v) is 2.26. The molecule has 7 heteroatoms. The van der Waals surface area contributed by atoms with Crippen LogP contribution >= 0.6 is 0 Å². The highest BCUT2D eigenvalue weighted by Gasteiger charge is 2.10. The second-order valence-electron chi connectivity index (χ2n) is 5.28. The normalized spacial score (nSPS) is 10.8. The van der Waals surface area contributed by atoms with E-state index in [4.69, 9.17) is 10.5 Å². The van der Waals surface area contributed by atoms with Crippen molar-refractivity contribution in [3.8, 4) is 11.8 Å². The van der Waals surface area contributed by atoms with E-state index < -0.39 is 0 Å². The summed E-state index contributed by atoms with van der Waals surface area (Å²) in [7, 11) is 1.59. The number of nitrogens with two attached hydrogens (primary N) is 1. The van der Waals surface area contributed by atoms with Crippen molar-refractivity contribution in [1.82, 2.24) is 15.0 Å². The molecule has 0 aliphatic carbocycles. The van der Waals surface area contributed by atoms with Gasteiger partial charge in [-0.15, -0.1) is 0 Å². The summed E-state index contributed by atoms with van der Waals surface area (Å²) in [6, 6.07) is 18.9. The molecule has 0 aliphatic rings. The van der Waals surface area contributed by atoms with E-state index >= 15 is 0 Å². The summed E-state index contributed by atoms with van der Waals surface area (Å²) in [5.41, 5.74) is 7.65. The zero-order valence-electron chi connectivity index (χ0n) is 14.0. The molecule has 0 saturated heterocycles. The van der Waals surface area contributed by atoms with Crippen molar-refractivity contribution in [2.75, 3.05) is 18.2 Å². The molecule has 1 heterocycles. The molecule has 2 aromatic carbocycles. The first-order valence-electron chi connectivity index (χ1n) is 7.78. The van der Waals surface area contributed by atoms with E-state index in [0.29, 0.717) is 5.75 Å². The fraction of sp³-hybridized carbons (Fsp3) is 0.0526. The van der Waals surface area contributed by atoms with Gasteiger partial charge in [0.15, 0.2) is 5.82 Å². The number of para-hydroxylation sites is 1. The number of methoxy groups -OCH3 is 1. The quantitative estimate of drug-likeness (QED) is 0.683. The number of allylic oxidation sites excluding steroid dienone is 1. The first-order valence-corrected chi connectivity index (χ1v) is 7.78. The first-order chi connectivity index (χ1) is 12.7. The summed E-state index contributed by atoms with van der Waals surface area (Å²) in [6.07, 6.45) is 1.67. The summed E-state index contributed by atoms with van der Waals surface area (Å²) >= 11 is 0. The maximum Gasteiger partial charge on any atom is 0.232 e. The Morgan fingerprint density at radius 2 is 1.92 bits per heavy atom. The molecule has 0 radical (unpaired) electrons. The van der Waals surface area contributed by atoms with Gasteiger partial charge in [0.1, 0.15) is 11.8 Å². The van der Waals surface area contributed by atoms with Crippen LogP contribution in [-0.2, 0) is 0 Å². The number of nitrogens with one attached hydrogen (secondary N) is 1. The summed E-state index contributed by atoms with van der Waals surface area (Å²) < 4.78 is 5.20. The highest BCUT2D eigenvalue weighted by molar-refractivity contribution is 5.87. The predicted octanol–water partition coefficient (Wildman–Crippen LogP) is 3.27. The average molecular weight is 344 g/mol. The summed E-state index contributed by atoms with van der Waals surface area (Å²) in [5.74, 6) is 1.18. The van der Waals surface area contributed by atoms with Crippen LogP contribution in [0.2, 0.25) is 0 Å². The lowest BCUT2D eigenvalue weighted by atomic mass is 10.1. The Bertz CT molecular complexity index is 979. The Morgan fingerprint density at radius 3 is 2.65 bits per heavy atom. The second-order valence-corrected chi connectivity index (χ2v) is 5.28. The molecule has 3 N–H and O–H groups in total. The molecule has 0 atom stereocenters. The number of aromatic nitrogens is 3. The topological polar surface area (TPSA) is 110 Å². The smallest absolute Gasteiger partial charge is 0.232 e. The number of rotatable bonds is 5. The van der Waals surface area contributed by atoms with Crippen molar-refractivity contribution >= 4 is 29.2 Å². The molecule has 7 nitrogen and oxygen atoms in total. The highest BCUT2D eigenvalue weighted by atomic mass is 16.5. The Morgan fingerprint density at radius 1 is 1.12 bits per heavy atom. The van der Waals surface area contributed by atoms with E-state index in [1.165, 1.54) is 0 Å². The van der Waals surface area contributed by atoms with Gasteiger partial charge < -0.3 is 15.8 Å². The fourth-order valence-electron chi connectivity index (χ4n) is 2.26. The van der Waals surface area contributed by atoms with Gasteiger partial charge in [0.25, 0.3) is 0 Å². The molecule has 0 saturated carbocycles. The van der Waals surface area contributed by atoms with Crippen molar-refractivity contribution in [2.24, 2.45) is 0 Å². The van der Waals surface area contributed by atoms with Crippen molar-refractivity contribution in [3.63, 3.8) is 0 Å². The molecular formula is C19H16N6O. The average Bonchev–Trinajstić information content (AvgIpc) is 2.66. The van der Waals surface area contributed by atoms with Gasteiger partial charge in [0.2, 0.25) is 11.9 Å². The third kappa shape index (κ3) is 4.13. The zero-order valence-corrected chi connectivity index (χ0v) is 14.0. The van der Waals surface area contributed by atoms with Crippen LogP contribution in [0.4, 0.5) is 17.6 Å². The number of anilines is 3. The van der Waals surface area contributed by atoms with Gasteiger partial charge in [-0.05, 0) is 35.9 Å². The van der Waals surface area contributed by atoms with E-state index in [1.54, 1.807) is 13.2 Å². The number of hydrogen-bond acceptors (Lipinski definition) is 7. The number of hydrogen-bond donors (Lipinski definition) is 2. The van der Waals surface area contributed by atoms with Crippen LogP contribution in [0.3, 0.4) is 0 Å². The molecule has 128 valence electrons. The molecule has 0 bridgehead atoms. The monoisotopic (exact) mass is 344 g/mol. The Labute approximate surface area is 150 Å². The number of ether oxygens (including phenoxy) is 1. The maximum atomic E-state index is 9.53. The van der Waals surface area contributed by atoms with Gasteiger partial charge in [0.05, 0.1) is 12.7 Å². The van der Waals surface area contributed by atoms with Gasteiger partial charge in [-0.2, -0.15) is 20.2 Å². The van der Waals surface area contributed by atoms with Crippen LogP contribution in [0.5, 0.6) is 5.75 Å². The Kier molecular flexibility index (Phi) is 5.05. The van der Waals surface area contributed by atoms with Crippen LogP contribution in [-0.4, -0.2) is 22.1 Å². The SMILES string of the molecule is COc1cccc(/C=C(\C#N)c2nc(N)nc(Nc3ccccc3)n2)c1. The number of nitriles is 1. The summed E-state index contributed by atoms with van der Waals surface area (Å²) in [6.45, 7) is 0. The van der Waals surface area contributed by atoms with Crippen LogP contribution in [0.15, 0.2) is 54.6 Å². The third-order valence-corrected chi connectivity index (χ3v) is 3.45. The zero-order chi connectivity index (χ0) is 18.4.